The van der Waals surface area contributed by atoms with E-state index < -0.39 is 28.1 Å². The van der Waals surface area contributed by atoms with Crippen molar-refractivity contribution in [2.45, 2.75) is 24.0 Å². The minimum absolute atomic E-state index is 0.00622. The van der Waals surface area contributed by atoms with E-state index in [0.717, 1.165) is 0 Å². The summed E-state index contributed by atoms with van der Waals surface area (Å²) >= 11 is 5.83. The lowest BCUT2D eigenvalue weighted by Crippen LogP contribution is -2.49. The van der Waals surface area contributed by atoms with Crippen molar-refractivity contribution >= 4 is 27.5 Å². The van der Waals surface area contributed by atoms with Crippen molar-refractivity contribution in [1.29, 1.82) is 0 Å². The number of nitrogens with one attached hydrogen (secondary N) is 2. The predicted octanol–water partition coefficient (Wildman–Crippen LogP) is 2.67. The third-order valence-electron chi connectivity index (χ3n) is 4.22. The number of hydroxylamine groups is 1. The zero-order valence-electron chi connectivity index (χ0n) is 14.7. The Labute approximate surface area is 167 Å². The van der Waals surface area contributed by atoms with E-state index in [9.17, 15) is 13.2 Å². The molecule has 28 heavy (non-hydrogen) atoms. The van der Waals surface area contributed by atoms with Gasteiger partial charge in [-0.3, -0.25) is 10.0 Å². The summed E-state index contributed by atoms with van der Waals surface area (Å²) in [5, 5.41) is 9.41. The van der Waals surface area contributed by atoms with Gasteiger partial charge in [0.1, 0.15) is 17.7 Å². The third-order valence-corrected chi connectivity index (χ3v) is 5.91. The monoisotopic (exact) mass is 426 g/mol. The zero-order valence-corrected chi connectivity index (χ0v) is 16.2. The molecule has 3 N–H and O–H groups in total. The Balaban J connectivity index is 1.71. The van der Waals surface area contributed by atoms with Crippen LogP contribution in [0.25, 0.3) is 0 Å². The molecule has 10 heteroatoms. The molecule has 1 amide bonds. The molecule has 8 nitrogen and oxygen atoms in total. The Hall–Kier alpha value is -2.17. The number of carbonyl (C=O) groups is 1. The maximum absolute atomic E-state index is 12.6. The summed E-state index contributed by atoms with van der Waals surface area (Å²) in [4.78, 5) is 11.7. The van der Waals surface area contributed by atoms with Crippen molar-refractivity contribution in [3.05, 3.63) is 53.6 Å². The Kier molecular flexibility index (Phi) is 6.53. The van der Waals surface area contributed by atoms with Crippen LogP contribution in [0.4, 0.5) is 0 Å². The van der Waals surface area contributed by atoms with Gasteiger partial charge in [-0.05, 0) is 61.4 Å². The molecule has 0 aromatic heterocycles. The van der Waals surface area contributed by atoms with Gasteiger partial charge in [0.2, 0.25) is 15.9 Å². The number of hydrogen-bond donors (Lipinski definition) is 3. The summed E-state index contributed by atoms with van der Waals surface area (Å²) in [6.07, 6.45) is -0.0728. The van der Waals surface area contributed by atoms with Gasteiger partial charge >= 0.3 is 0 Å². The highest BCUT2D eigenvalue weighted by Gasteiger charge is 2.35. The number of amides is 1. The van der Waals surface area contributed by atoms with Crippen LogP contribution in [0.1, 0.15) is 12.8 Å². The molecule has 0 bridgehead atoms. The fraction of sp³-hybridized carbons (Fsp3) is 0.278. The SMILES string of the molecule is O=C(NO)C1CCCO[C@H]1NS(=O)(=O)c1ccc(Oc2ccc(Cl)cc2)cc1. The number of carbonyl (C=O) groups excluding carboxylic acids is 1. The maximum atomic E-state index is 12.6. The standard InChI is InChI=1S/C18H19ClN2O6S/c19-12-3-5-13(6-4-12)27-14-7-9-15(10-8-14)28(24,25)21-18-16(17(22)20-23)2-1-11-26-18/h3-10,16,18,21,23H,1-2,11H2,(H,20,22)/t16?,18-/m1/s1. The molecule has 0 spiro atoms. The van der Waals surface area contributed by atoms with E-state index in [1.807, 2.05) is 0 Å². The summed E-state index contributed by atoms with van der Waals surface area (Å²) in [5.74, 6) is -0.500. The van der Waals surface area contributed by atoms with Gasteiger partial charge in [-0.2, -0.15) is 4.72 Å². The van der Waals surface area contributed by atoms with Crippen LogP contribution < -0.4 is 14.9 Å². The van der Waals surface area contributed by atoms with Crippen LogP contribution >= 0.6 is 11.6 Å². The Morgan fingerprint density at radius 1 is 1.11 bits per heavy atom. The van der Waals surface area contributed by atoms with E-state index in [1.54, 1.807) is 29.7 Å². The van der Waals surface area contributed by atoms with Crippen LogP contribution in [0.2, 0.25) is 5.02 Å². The van der Waals surface area contributed by atoms with Crippen LogP contribution in [0.3, 0.4) is 0 Å². The minimum Gasteiger partial charge on any atom is -0.457 e. The summed E-state index contributed by atoms with van der Waals surface area (Å²) in [5.41, 5.74) is 1.55. The first-order chi connectivity index (χ1) is 13.4. The van der Waals surface area contributed by atoms with Crippen molar-refractivity contribution in [2.24, 2.45) is 5.92 Å². The first-order valence-corrected chi connectivity index (χ1v) is 10.4. The number of halogens is 1. The summed E-state index contributed by atoms with van der Waals surface area (Å²) in [6, 6.07) is 12.6. The van der Waals surface area contributed by atoms with Crippen molar-refractivity contribution in [1.82, 2.24) is 10.2 Å². The fourth-order valence-corrected chi connectivity index (χ4v) is 4.09. The predicted molar refractivity (Wildman–Crippen MR) is 101 cm³/mol. The number of hydrogen-bond acceptors (Lipinski definition) is 6. The normalized spacial score (nSPS) is 19.8. The molecule has 2 aromatic rings. The van der Waals surface area contributed by atoms with Gasteiger partial charge in [0.05, 0.1) is 10.8 Å². The van der Waals surface area contributed by atoms with Gasteiger partial charge in [0, 0.05) is 11.6 Å². The van der Waals surface area contributed by atoms with E-state index in [2.05, 4.69) is 4.72 Å². The van der Waals surface area contributed by atoms with E-state index in [4.69, 9.17) is 26.3 Å². The lowest BCUT2D eigenvalue weighted by atomic mass is 9.99. The van der Waals surface area contributed by atoms with Gasteiger partial charge in [-0.15, -0.1) is 0 Å². The maximum Gasteiger partial charge on any atom is 0.250 e. The van der Waals surface area contributed by atoms with E-state index >= 15 is 0 Å². The number of sulfonamides is 1. The van der Waals surface area contributed by atoms with Crippen molar-refractivity contribution in [2.75, 3.05) is 6.61 Å². The van der Waals surface area contributed by atoms with Crippen LogP contribution in [0, 0.1) is 5.92 Å². The molecule has 1 fully saturated rings. The van der Waals surface area contributed by atoms with Gasteiger partial charge in [-0.25, -0.2) is 13.9 Å². The van der Waals surface area contributed by atoms with Crippen molar-refractivity contribution in [3.63, 3.8) is 0 Å². The van der Waals surface area contributed by atoms with Gasteiger partial charge < -0.3 is 9.47 Å². The minimum atomic E-state index is -3.94. The smallest absolute Gasteiger partial charge is 0.250 e. The second-order valence-corrected chi connectivity index (χ2v) is 8.32. The average Bonchev–Trinajstić information content (AvgIpc) is 2.70. The highest BCUT2D eigenvalue weighted by Crippen LogP contribution is 2.25. The number of rotatable bonds is 6. The molecular formula is C18H19ClN2O6S. The van der Waals surface area contributed by atoms with Crippen molar-refractivity contribution in [3.8, 4) is 11.5 Å². The summed E-state index contributed by atoms with van der Waals surface area (Å²) in [6.45, 7) is 0.316. The highest BCUT2D eigenvalue weighted by atomic mass is 35.5. The second kappa shape index (κ2) is 8.89. The lowest BCUT2D eigenvalue weighted by Gasteiger charge is -2.30. The van der Waals surface area contributed by atoms with Crippen LogP contribution in [0.5, 0.6) is 11.5 Å². The molecule has 0 aliphatic carbocycles. The van der Waals surface area contributed by atoms with Gasteiger partial charge in [-0.1, -0.05) is 11.6 Å². The third kappa shape index (κ3) is 5.00. The molecule has 2 atom stereocenters. The molecule has 1 heterocycles. The molecule has 1 aliphatic rings. The number of ether oxygens (including phenoxy) is 2. The summed E-state index contributed by atoms with van der Waals surface area (Å²) < 4.78 is 38.6. The zero-order chi connectivity index (χ0) is 20.1. The second-order valence-electron chi connectivity index (χ2n) is 6.16. The Morgan fingerprint density at radius 2 is 1.71 bits per heavy atom. The van der Waals surface area contributed by atoms with E-state index in [-0.39, 0.29) is 4.90 Å². The highest BCUT2D eigenvalue weighted by molar-refractivity contribution is 7.89. The van der Waals surface area contributed by atoms with Crippen molar-refractivity contribution < 1.29 is 27.9 Å². The van der Waals surface area contributed by atoms with Gasteiger partial charge in [0.25, 0.3) is 0 Å². The molecule has 0 radical (unpaired) electrons. The molecule has 0 saturated carbocycles. The molecular weight excluding hydrogens is 408 g/mol. The lowest BCUT2D eigenvalue weighted by molar-refractivity contribution is -0.143. The van der Waals surface area contributed by atoms with Gasteiger partial charge in [0.15, 0.2) is 0 Å². The molecule has 1 aliphatic heterocycles. The fourth-order valence-electron chi connectivity index (χ4n) is 2.80. The molecule has 1 saturated heterocycles. The van der Waals surface area contributed by atoms with E-state index in [0.29, 0.717) is 36.0 Å². The first kappa shape index (κ1) is 20.6. The molecule has 3 rings (SSSR count). The molecule has 2 aromatic carbocycles. The van der Waals surface area contributed by atoms with Crippen LogP contribution in [0.15, 0.2) is 53.4 Å². The van der Waals surface area contributed by atoms with Crippen LogP contribution in [-0.4, -0.2) is 32.4 Å². The first-order valence-electron chi connectivity index (χ1n) is 8.50. The topological polar surface area (TPSA) is 114 Å². The molecule has 150 valence electrons. The Bertz CT molecular complexity index is 918. The summed E-state index contributed by atoms with van der Waals surface area (Å²) in [7, 11) is -3.94. The molecule has 1 unspecified atom stereocenters. The van der Waals surface area contributed by atoms with E-state index in [1.165, 1.54) is 24.3 Å². The Morgan fingerprint density at radius 3 is 2.32 bits per heavy atom. The number of benzene rings is 2. The largest absolute Gasteiger partial charge is 0.457 e. The van der Waals surface area contributed by atoms with Crippen LogP contribution in [-0.2, 0) is 19.6 Å². The average molecular weight is 427 g/mol. The quantitative estimate of drug-likeness (QED) is 0.483.